The predicted octanol–water partition coefficient (Wildman–Crippen LogP) is 2.92. The predicted molar refractivity (Wildman–Crippen MR) is 146 cm³/mol. The first-order valence-electron chi connectivity index (χ1n) is 12.6. The molecule has 210 valence electrons. The van der Waals surface area contributed by atoms with E-state index in [0.29, 0.717) is 5.69 Å². The molecule has 3 N–H and O–H groups in total. The van der Waals surface area contributed by atoms with Crippen molar-refractivity contribution in [2.45, 2.75) is 45.3 Å². The molecule has 1 unspecified atom stereocenters. The Morgan fingerprint density at radius 3 is 2.51 bits per heavy atom. The summed E-state index contributed by atoms with van der Waals surface area (Å²) in [6.07, 6.45) is -2.64. The molecule has 2 saturated heterocycles. The monoisotopic (exact) mass is 624 g/mol. The van der Waals surface area contributed by atoms with Gasteiger partial charge in [-0.3, -0.25) is 18.4 Å². The summed E-state index contributed by atoms with van der Waals surface area (Å²) in [7, 11) is -4.27. The number of phosphoric acid groups is 1. The highest BCUT2D eigenvalue weighted by atomic mass is 79.9. The number of nitrogens with one attached hydrogen (secondary N) is 1. The molecule has 2 aliphatic heterocycles. The highest BCUT2D eigenvalue weighted by Crippen LogP contribution is 2.52. The number of fused-ring (bicyclic) bond motifs is 3. The average Bonchev–Trinajstić information content (AvgIpc) is 3.59. The van der Waals surface area contributed by atoms with Crippen LogP contribution >= 0.6 is 23.8 Å². The van der Waals surface area contributed by atoms with Crippen LogP contribution < -0.4 is 5.56 Å². The van der Waals surface area contributed by atoms with Crippen LogP contribution in [0.1, 0.15) is 27.0 Å². The summed E-state index contributed by atoms with van der Waals surface area (Å²) in [4.78, 5) is 37.0. The van der Waals surface area contributed by atoms with E-state index in [0.717, 1.165) is 5.56 Å². The number of ether oxygens (including phenoxy) is 1. The van der Waals surface area contributed by atoms with Gasteiger partial charge in [0, 0.05) is 6.20 Å². The maximum absolute atomic E-state index is 13.1. The Hall–Kier alpha value is -2.42. The molecule has 5 atom stereocenters. The standard InChI is InChI=1S/C18H15BrN5O7P.C6H15N/c19-17-21-11-14(24(17)16-12(25)13-10(30-16)7-29-32(27,28)31-13)22-18-20-9(6-23(18)15(11)26)8-4-2-1-3-5-8;1-4-7(5-2)6-3/h1-6,10,12-13,16,25H,7H2,(H,20,22)(H,27,28);4-6H2,1-3H3/t10-,12-,13-,16-;/m1./s1. The molecule has 0 saturated carbocycles. The Bertz CT molecular complexity index is 1560. The Kier molecular flexibility index (Phi) is 8.09. The number of H-pyrrole nitrogens is 1. The topological polar surface area (TPSA) is 156 Å². The normalized spacial score (nSPS) is 26.6. The third-order valence-electron chi connectivity index (χ3n) is 6.86. The largest absolute Gasteiger partial charge is 0.472 e. The molecule has 6 rings (SSSR count). The van der Waals surface area contributed by atoms with E-state index < -0.39 is 37.9 Å². The van der Waals surface area contributed by atoms with Gasteiger partial charge in [0.2, 0.25) is 5.78 Å². The number of imidazole rings is 2. The minimum absolute atomic E-state index is 0.0589. The summed E-state index contributed by atoms with van der Waals surface area (Å²) in [5.74, 6) is 0.277. The van der Waals surface area contributed by atoms with Crippen molar-refractivity contribution in [2.24, 2.45) is 0 Å². The third-order valence-corrected chi connectivity index (χ3v) is 8.40. The first-order chi connectivity index (χ1) is 18.7. The number of phosphoric ester groups is 1. The summed E-state index contributed by atoms with van der Waals surface area (Å²) in [5, 5.41) is 10.8. The van der Waals surface area contributed by atoms with Gasteiger partial charge in [-0.05, 0) is 41.1 Å². The highest BCUT2D eigenvalue weighted by Gasteiger charge is 2.53. The van der Waals surface area contributed by atoms with Crippen LogP contribution in [-0.4, -0.2) is 83.4 Å². The summed E-state index contributed by atoms with van der Waals surface area (Å²) in [6, 6.07) is 9.46. The second-order valence-electron chi connectivity index (χ2n) is 9.08. The molecule has 0 bridgehead atoms. The van der Waals surface area contributed by atoms with Crippen molar-refractivity contribution in [3.8, 4) is 11.3 Å². The SMILES string of the molecule is CCN(CC)CC.O=c1c2nc(Br)n([C@@H]3O[C@@H]4COP(=O)(O)O[C@H]4[C@H]3O)c2nc2[nH]c(-c3ccccc3)cn12. The van der Waals surface area contributed by atoms with Gasteiger partial charge < -0.3 is 24.6 Å². The lowest BCUT2D eigenvalue weighted by atomic mass is 10.1. The quantitative estimate of drug-likeness (QED) is 0.223. The maximum Gasteiger partial charge on any atom is 0.472 e. The highest BCUT2D eigenvalue weighted by molar-refractivity contribution is 9.10. The molecule has 0 aliphatic carbocycles. The number of benzene rings is 1. The lowest BCUT2D eigenvalue weighted by Gasteiger charge is -2.27. The Morgan fingerprint density at radius 2 is 1.87 bits per heavy atom. The molecule has 0 radical (unpaired) electrons. The van der Waals surface area contributed by atoms with Crippen LogP contribution in [0.3, 0.4) is 0 Å². The van der Waals surface area contributed by atoms with Crippen molar-refractivity contribution in [2.75, 3.05) is 26.2 Å². The van der Waals surface area contributed by atoms with E-state index in [9.17, 15) is 19.4 Å². The van der Waals surface area contributed by atoms with Crippen molar-refractivity contribution in [1.82, 2.24) is 28.8 Å². The number of aromatic nitrogens is 5. The van der Waals surface area contributed by atoms with Crippen LogP contribution in [0, 0.1) is 0 Å². The van der Waals surface area contributed by atoms with E-state index in [1.807, 2.05) is 30.3 Å². The lowest BCUT2D eigenvalue weighted by molar-refractivity contribution is -0.0669. The first-order valence-corrected chi connectivity index (χ1v) is 14.9. The minimum Gasteiger partial charge on any atom is -0.386 e. The zero-order valence-corrected chi connectivity index (χ0v) is 24.1. The molecule has 1 aromatic carbocycles. The fourth-order valence-electron chi connectivity index (χ4n) is 4.71. The average molecular weight is 625 g/mol. The van der Waals surface area contributed by atoms with Crippen molar-refractivity contribution < 1.29 is 28.3 Å². The smallest absolute Gasteiger partial charge is 0.386 e. The van der Waals surface area contributed by atoms with Gasteiger partial charge in [0.25, 0.3) is 5.56 Å². The fraction of sp³-hybridized carbons (Fsp3) is 0.458. The number of aromatic amines is 1. The Balaban J connectivity index is 0.000000392. The molecular formula is C24H30BrN6O7P. The van der Waals surface area contributed by atoms with E-state index >= 15 is 0 Å². The molecule has 0 spiro atoms. The van der Waals surface area contributed by atoms with Gasteiger partial charge in [0.1, 0.15) is 18.3 Å². The fourth-order valence-corrected chi connectivity index (χ4v) is 6.22. The summed E-state index contributed by atoms with van der Waals surface area (Å²) in [6.45, 7) is 9.90. The molecule has 5 heterocycles. The van der Waals surface area contributed by atoms with Crippen LogP contribution in [0.15, 0.2) is 46.1 Å². The van der Waals surface area contributed by atoms with Gasteiger partial charge in [0.05, 0.1) is 12.3 Å². The van der Waals surface area contributed by atoms with Crippen LogP contribution in [0.2, 0.25) is 0 Å². The number of nitrogens with zero attached hydrogens (tertiary/aromatic N) is 5. The maximum atomic E-state index is 13.1. The second kappa shape index (κ2) is 11.2. The van der Waals surface area contributed by atoms with Gasteiger partial charge in [-0.15, -0.1) is 0 Å². The van der Waals surface area contributed by atoms with Crippen molar-refractivity contribution in [3.63, 3.8) is 0 Å². The van der Waals surface area contributed by atoms with E-state index in [1.165, 1.54) is 28.6 Å². The van der Waals surface area contributed by atoms with E-state index in [2.05, 4.69) is 56.6 Å². The van der Waals surface area contributed by atoms with Crippen LogP contribution in [0.25, 0.3) is 28.2 Å². The number of hydrogen-bond acceptors (Lipinski definition) is 9. The molecule has 13 nitrogen and oxygen atoms in total. The second-order valence-corrected chi connectivity index (χ2v) is 11.2. The van der Waals surface area contributed by atoms with Gasteiger partial charge >= 0.3 is 7.82 Å². The van der Waals surface area contributed by atoms with Gasteiger partial charge in [-0.25, -0.2) is 13.9 Å². The number of aliphatic hydroxyl groups excluding tert-OH is 1. The summed E-state index contributed by atoms with van der Waals surface area (Å²) < 4.78 is 30.3. The zero-order chi connectivity index (χ0) is 27.9. The molecular weight excluding hydrogens is 595 g/mol. The van der Waals surface area contributed by atoms with E-state index in [-0.39, 0.29) is 28.3 Å². The summed E-state index contributed by atoms with van der Waals surface area (Å²) >= 11 is 3.30. The molecule has 2 fully saturated rings. The number of aliphatic hydroxyl groups is 1. The number of halogens is 1. The van der Waals surface area contributed by atoms with E-state index in [1.54, 1.807) is 6.20 Å². The first kappa shape index (κ1) is 28.1. The minimum atomic E-state index is -4.27. The van der Waals surface area contributed by atoms with E-state index in [4.69, 9.17) is 13.8 Å². The molecule has 2 aliphatic rings. The van der Waals surface area contributed by atoms with Crippen LogP contribution in [0.5, 0.6) is 0 Å². The van der Waals surface area contributed by atoms with Gasteiger partial charge in [-0.2, -0.15) is 4.98 Å². The van der Waals surface area contributed by atoms with Gasteiger partial charge in [0.15, 0.2) is 22.1 Å². The van der Waals surface area contributed by atoms with Crippen LogP contribution in [-0.2, 0) is 18.3 Å². The third kappa shape index (κ3) is 5.35. The summed E-state index contributed by atoms with van der Waals surface area (Å²) in [5.41, 5.74) is 1.39. The van der Waals surface area contributed by atoms with Crippen molar-refractivity contribution in [3.05, 3.63) is 51.6 Å². The molecule has 0 amide bonds. The number of hydrogen-bond donors (Lipinski definition) is 3. The van der Waals surface area contributed by atoms with Crippen molar-refractivity contribution in [1.29, 1.82) is 0 Å². The Morgan fingerprint density at radius 1 is 1.18 bits per heavy atom. The Labute approximate surface area is 232 Å². The lowest BCUT2D eigenvalue weighted by Crippen LogP contribution is -2.39. The zero-order valence-electron chi connectivity index (χ0n) is 21.6. The van der Waals surface area contributed by atoms with Crippen molar-refractivity contribution >= 4 is 40.7 Å². The number of rotatable bonds is 5. The molecule has 39 heavy (non-hydrogen) atoms. The molecule has 3 aromatic heterocycles. The molecule has 15 heteroatoms. The van der Waals surface area contributed by atoms with Crippen LogP contribution in [0.4, 0.5) is 0 Å². The van der Waals surface area contributed by atoms with Gasteiger partial charge in [-0.1, -0.05) is 51.1 Å². The molecule has 4 aromatic rings.